The van der Waals surface area contributed by atoms with Crippen LogP contribution in [0, 0.1) is 0 Å². The van der Waals surface area contributed by atoms with Crippen LogP contribution in [0.4, 0.5) is 0 Å². The van der Waals surface area contributed by atoms with Gasteiger partial charge in [0.15, 0.2) is 5.69 Å². The van der Waals surface area contributed by atoms with Gasteiger partial charge in [0.2, 0.25) is 5.28 Å². The Hall–Kier alpha value is -1.03. The first-order valence-corrected chi connectivity index (χ1v) is 4.56. The molecule has 0 atom stereocenters. The Morgan fingerprint density at radius 2 is 2.31 bits per heavy atom. The highest BCUT2D eigenvalue weighted by atomic mass is 35.5. The van der Waals surface area contributed by atoms with Crippen molar-refractivity contribution in [1.29, 1.82) is 0 Å². The number of carbonyl (C=O) groups is 1. The summed E-state index contributed by atoms with van der Waals surface area (Å²) in [5.41, 5.74) is 0.883. The van der Waals surface area contributed by atoms with E-state index in [1.165, 1.54) is 0 Å². The summed E-state index contributed by atoms with van der Waals surface area (Å²) in [6.45, 7) is 0.786. The van der Waals surface area contributed by atoms with E-state index >= 15 is 0 Å². The van der Waals surface area contributed by atoms with Crippen LogP contribution in [-0.2, 0) is 13.0 Å². The van der Waals surface area contributed by atoms with Crippen LogP contribution in [0.1, 0.15) is 29.0 Å². The minimum absolute atomic E-state index is 0.115. The summed E-state index contributed by atoms with van der Waals surface area (Å²) in [6, 6.07) is 0. The van der Waals surface area contributed by atoms with E-state index in [0.29, 0.717) is 5.28 Å². The number of aromatic nitrogens is 2. The molecule has 1 aromatic rings. The number of carboxylic acids is 1. The molecule has 13 heavy (non-hydrogen) atoms. The summed E-state index contributed by atoms with van der Waals surface area (Å²) in [4.78, 5) is 14.6. The normalized spacial score (nSPS) is 15.5. The molecule has 0 aliphatic carbocycles. The molecule has 2 heterocycles. The van der Waals surface area contributed by atoms with Crippen molar-refractivity contribution in [2.75, 3.05) is 0 Å². The first-order valence-electron chi connectivity index (χ1n) is 4.18. The lowest BCUT2D eigenvalue weighted by Gasteiger charge is -2.14. The maximum absolute atomic E-state index is 10.8. The zero-order valence-electron chi connectivity index (χ0n) is 6.96. The van der Waals surface area contributed by atoms with Gasteiger partial charge in [0, 0.05) is 6.54 Å². The molecule has 0 saturated carbocycles. The molecule has 70 valence electrons. The van der Waals surface area contributed by atoms with Crippen molar-refractivity contribution < 1.29 is 9.90 Å². The molecule has 0 aromatic carbocycles. The number of carboxylic acid groups (broad SMARTS) is 1. The second kappa shape index (κ2) is 3.03. The van der Waals surface area contributed by atoms with Crippen molar-refractivity contribution in [2.45, 2.75) is 25.8 Å². The SMILES string of the molecule is O=C(O)c1nc(Cl)n2c1CCCC2. The Labute approximate surface area is 80.1 Å². The standard InChI is InChI=1S/C8H9ClN2O2/c9-8-10-6(7(12)13)5-3-1-2-4-11(5)8/h1-4H2,(H,12,13). The van der Waals surface area contributed by atoms with Gasteiger partial charge in [-0.25, -0.2) is 9.78 Å². The zero-order valence-corrected chi connectivity index (χ0v) is 7.71. The van der Waals surface area contributed by atoms with Crippen LogP contribution in [0.25, 0.3) is 0 Å². The number of halogens is 1. The molecule has 0 saturated heterocycles. The van der Waals surface area contributed by atoms with E-state index in [2.05, 4.69) is 4.98 Å². The molecule has 1 aliphatic heterocycles. The molecule has 0 unspecified atom stereocenters. The monoisotopic (exact) mass is 200 g/mol. The summed E-state index contributed by atoms with van der Waals surface area (Å²) in [6.07, 6.45) is 2.83. The van der Waals surface area contributed by atoms with E-state index in [1.54, 1.807) is 4.57 Å². The number of aromatic carboxylic acids is 1. The van der Waals surface area contributed by atoms with Gasteiger partial charge in [-0.1, -0.05) is 0 Å². The first-order chi connectivity index (χ1) is 6.20. The topological polar surface area (TPSA) is 55.1 Å². The minimum atomic E-state index is -0.988. The molecule has 1 aromatic heterocycles. The van der Waals surface area contributed by atoms with Crippen molar-refractivity contribution in [2.24, 2.45) is 0 Å². The van der Waals surface area contributed by atoms with Crippen LogP contribution < -0.4 is 0 Å². The van der Waals surface area contributed by atoms with E-state index in [-0.39, 0.29) is 5.69 Å². The van der Waals surface area contributed by atoms with E-state index in [4.69, 9.17) is 16.7 Å². The quantitative estimate of drug-likeness (QED) is 0.749. The van der Waals surface area contributed by atoms with Crippen molar-refractivity contribution in [3.05, 3.63) is 16.7 Å². The maximum atomic E-state index is 10.8. The molecule has 0 radical (unpaired) electrons. The molecule has 0 spiro atoms. The van der Waals surface area contributed by atoms with Crippen molar-refractivity contribution in [3.63, 3.8) is 0 Å². The highest BCUT2D eigenvalue weighted by Crippen LogP contribution is 2.23. The van der Waals surface area contributed by atoms with Crippen molar-refractivity contribution in [3.8, 4) is 0 Å². The third kappa shape index (κ3) is 1.31. The average Bonchev–Trinajstić information content (AvgIpc) is 2.45. The highest BCUT2D eigenvalue weighted by Gasteiger charge is 2.22. The summed E-state index contributed by atoms with van der Waals surface area (Å²) < 4.78 is 1.79. The fourth-order valence-electron chi connectivity index (χ4n) is 1.67. The lowest BCUT2D eigenvalue weighted by Crippen LogP contribution is -2.12. The molecular formula is C8H9ClN2O2. The van der Waals surface area contributed by atoms with Gasteiger partial charge < -0.3 is 9.67 Å². The number of nitrogens with zero attached hydrogens (tertiary/aromatic N) is 2. The van der Waals surface area contributed by atoms with Crippen LogP contribution in [0.15, 0.2) is 0 Å². The number of rotatable bonds is 1. The average molecular weight is 201 g/mol. The maximum Gasteiger partial charge on any atom is 0.356 e. The lowest BCUT2D eigenvalue weighted by atomic mass is 10.1. The van der Waals surface area contributed by atoms with Crippen molar-refractivity contribution >= 4 is 17.6 Å². The van der Waals surface area contributed by atoms with Crippen molar-refractivity contribution in [1.82, 2.24) is 9.55 Å². The Bertz CT molecular complexity index is 359. The highest BCUT2D eigenvalue weighted by molar-refractivity contribution is 6.28. The summed E-state index contributed by atoms with van der Waals surface area (Å²) in [7, 11) is 0. The van der Waals surface area contributed by atoms with E-state index < -0.39 is 5.97 Å². The second-order valence-electron chi connectivity index (χ2n) is 3.09. The molecule has 4 nitrogen and oxygen atoms in total. The third-order valence-corrected chi connectivity index (χ3v) is 2.56. The Morgan fingerprint density at radius 1 is 1.54 bits per heavy atom. The van der Waals surface area contributed by atoms with Crippen LogP contribution >= 0.6 is 11.6 Å². The van der Waals surface area contributed by atoms with E-state index in [0.717, 1.165) is 31.5 Å². The smallest absolute Gasteiger partial charge is 0.356 e. The summed E-state index contributed by atoms with van der Waals surface area (Å²) >= 11 is 5.80. The molecule has 5 heteroatoms. The van der Waals surface area contributed by atoms with Gasteiger partial charge >= 0.3 is 5.97 Å². The summed E-state index contributed by atoms with van der Waals surface area (Å²) in [5, 5.41) is 9.12. The van der Waals surface area contributed by atoms with Gasteiger partial charge in [-0.05, 0) is 30.9 Å². The van der Waals surface area contributed by atoms with Gasteiger partial charge in [-0.2, -0.15) is 0 Å². The number of hydrogen-bond acceptors (Lipinski definition) is 2. The van der Waals surface area contributed by atoms with E-state index in [9.17, 15) is 4.79 Å². The molecule has 0 fully saturated rings. The zero-order chi connectivity index (χ0) is 9.42. The van der Waals surface area contributed by atoms with Gasteiger partial charge in [-0.3, -0.25) is 0 Å². The van der Waals surface area contributed by atoms with Gasteiger partial charge in [0.25, 0.3) is 0 Å². The number of hydrogen-bond donors (Lipinski definition) is 1. The summed E-state index contributed by atoms with van der Waals surface area (Å²) in [5.74, 6) is -0.988. The molecule has 2 rings (SSSR count). The lowest BCUT2D eigenvalue weighted by molar-refractivity contribution is 0.0689. The Balaban J connectivity index is 2.53. The molecular weight excluding hydrogens is 192 g/mol. The van der Waals surface area contributed by atoms with Gasteiger partial charge in [-0.15, -0.1) is 0 Å². The Morgan fingerprint density at radius 3 is 3.00 bits per heavy atom. The Kier molecular flexibility index (Phi) is 2.00. The van der Waals surface area contributed by atoms with Crippen LogP contribution in [0.3, 0.4) is 0 Å². The third-order valence-electron chi connectivity index (χ3n) is 2.27. The number of imidazole rings is 1. The molecule has 1 aliphatic rings. The van der Waals surface area contributed by atoms with Crippen LogP contribution in [-0.4, -0.2) is 20.6 Å². The largest absolute Gasteiger partial charge is 0.476 e. The van der Waals surface area contributed by atoms with E-state index in [1.807, 2.05) is 0 Å². The fourth-order valence-corrected chi connectivity index (χ4v) is 1.94. The predicted molar refractivity (Wildman–Crippen MR) is 47.1 cm³/mol. The van der Waals surface area contributed by atoms with Gasteiger partial charge in [0.1, 0.15) is 0 Å². The van der Waals surface area contributed by atoms with Gasteiger partial charge in [0.05, 0.1) is 5.69 Å². The van der Waals surface area contributed by atoms with Crippen LogP contribution in [0.5, 0.6) is 0 Å². The van der Waals surface area contributed by atoms with Crippen LogP contribution in [0.2, 0.25) is 5.28 Å². The first kappa shape index (κ1) is 8.56. The predicted octanol–water partition coefficient (Wildman–Crippen LogP) is 1.57. The fraction of sp³-hybridized carbons (Fsp3) is 0.500. The number of fused-ring (bicyclic) bond motifs is 1. The second-order valence-corrected chi connectivity index (χ2v) is 3.43. The minimum Gasteiger partial charge on any atom is -0.476 e. The molecule has 0 amide bonds. The molecule has 0 bridgehead atoms. The molecule has 1 N–H and O–H groups in total.